The molecule has 1 aromatic carbocycles. The van der Waals surface area contributed by atoms with Crippen molar-refractivity contribution in [3.05, 3.63) is 29.3 Å². The fraction of sp³-hybridized carbons (Fsp3) is 0.632. The lowest BCUT2D eigenvalue weighted by atomic mass is 9.48. The van der Waals surface area contributed by atoms with Gasteiger partial charge in [0.2, 0.25) is 0 Å². The molecule has 21 heavy (non-hydrogen) atoms. The third kappa shape index (κ3) is 3.59. The molecule has 0 aromatic heterocycles. The van der Waals surface area contributed by atoms with Crippen LogP contribution in [0.25, 0.3) is 0 Å². The Bertz CT molecular complexity index is 500. The molecule has 1 aliphatic heterocycles. The fourth-order valence-corrected chi connectivity index (χ4v) is 4.09. The summed E-state index contributed by atoms with van der Waals surface area (Å²) in [7, 11) is 0. The van der Waals surface area contributed by atoms with Crippen LogP contribution in [0.1, 0.15) is 56.1 Å². The number of fused-ring (bicyclic) bond motifs is 1. The molecule has 3 rings (SSSR count). The predicted molar refractivity (Wildman–Crippen MR) is 90.7 cm³/mol. The minimum atomic E-state index is 0.330. The Hall–Kier alpha value is -1.05. The van der Waals surface area contributed by atoms with Crippen molar-refractivity contribution < 1.29 is 4.79 Å². The number of hydrogen-bond donors (Lipinski definition) is 0. The van der Waals surface area contributed by atoms with Gasteiger partial charge in [0, 0.05) is 12.3 Å². The van der Waals surface area contributed by atoms with Gasteiger partial charge in [-0.15, -0.1) is 0 Å². The van der Waals surface area contributed by atoms with Crippen molar-refractivity contribution in [2.45, 2.75) is 70.9 Å². The first kappa shape index (κ1) is 14.9. The van der Waals surface area contributed by atoms with Crippen LogP contribution in [0.5, 0.6) is 0 Å². The lowest BCUT2D eigenvalue weighted by molar-refractivity contribution is -0.122. The van der Waals surface area contributed by atoms with Gasteiger partial charge in [0.25, 0.3) is 0 Å². The van der Waals surface area contributed by atoms with E-state index in [1.807, 2.05) is 0 Å². The van der Waals surface area contributed by atoms with E-state index < -0.39 is 0 Å². The van der Waals surface area contributed by atoms with Gasteiger partial charge in [-0.05, 0) is 24.8 Å². The summed E-state index contributed by atoms with van der Waals surface area (Å²) in [4.78, 5) is 12.6. The van der Waals surface area contributed by atoms with Crippen molar-refractivity contribution in [2.75, 3.05) is 0 Å². The minimum absolute atomic E-state index is 0.330. The van der Waals surface area contributed by atoms with Crippen LogP contribution >= 0.6 is 0 Å². The van der Waals surface area contributed by atoms with Gasteiger partial charge in [0.15, 0.2) is 6.71 Å². The summed E-state index contributed by atoms with van der Waals surface area (Å²) >= 11 is 0. The first-order valence-electron chi connectivity index (χ1n) is 8.88. The van der Waals surface area contributed by atoms with Gasteiger partial charge in [0.05, 0.1) is 0 Å². The highest BCUT2D eigenvalue weighted by atomic mass is 16.1. The van der Waals surface area contributed by atoms with Gasteiger partial charge < -0.3 is 0 Å². The Kier molecular flexibility index (Phi) is 4.82. The second kappa shape index (κ2) is 6.81. The molecule has 0 unspecified atom stereocenters. The number of Topliss-reactive ketones (excluding diaryl/α,β-unsaturated/α-hetero) is 1. The van der Waals surface area contributed by atoms with E-state index in [1.165, 1.54) is 61.4 Å². The van der Waals surface area contributed by atoms with E-state index in [4.69, 9.17) is 0 Å². The molecule has 1 aromatic rings. The fourth-order valence-electron chi connectivity index (χ4n) is 4.09. The maximum absolute atomic E-state index is 12.6. The monoisotopic (exact) mass is 282 g/mol. The summed E-state index contributed by atoms with van der Waals surface area (Å²) in [6.45, 7) is 2.99. The largest absolute Gasteiger partial charge is 0.299 e. The molecule has 1 saturated carbocycles. The standard InChI is InChI=1S/C19H27BO/c1-20-12-11-16-10-9-15(13-18(16)20)14-19(21)17-7-5-3-2-4-6-8-17/h9-10,13,17H,2-8,11-12,14H2,1H3. The third-order valence-corrected chi connectivity index (χ3v) is 5.53. The number of ketones is 1. The van der Waals surface area contributed by atoms with E-state index in [9.17, 15) is 4.79 Å². The predicted octanol–water partition coefficient (Wildman–Crippen LogP) is 4.05. The van der Waals surface area contributed by atoms with E-state index in [-0.39, 0.29) is 0 Å². The Morgan fingerprint density at radius 3 is 2.62 bits per heavy atom. The maximum Gasteiger partial charge on any atom is 0.173 e. The smallest absolute Gasteiger partial charge is 0.173 e. The maximum atomic E-state index is 12.6. The number of benzene rings is 1. The first-order chi connectivity index (χ1) is 10.2. The van der Waals surface area contributed by atoms with Gasteiger partial charge >= 0.3 is 0 Å². The van der Waals surface area contributed by atoms with E-state index in [0.717, 1.165) is 12.8 Å². The lowest BCUT2D eigenvalue weighted by Crippen LogP contribution is -2.24. The van der Waals surface area contributed by atoms with Crippen LogP contribution in [0.4, 0.5) is 0 Å². The van der Waals surface area contributed by atoms with Crippen LogP contribution in [0.3, 0.4) is 0 Å². The lowest BCUT2D eigenvalue weighted by Gasteiger charge is -2.18. The second-order valence-corrected chi connectivity index (χ2v) is 7.16. The van der Waals surface area contributed by atoms with Gasteiger partial charge in [-0.3, -0.25) is 4.79 Å². The second-order valence-electron chi connectivity index (χ2n) is 7.16. The van der Waals surface area contributed by atoms with Gasteiger partial charge in [-0.1, -0.05) is 74.5 Å². The van der Waals surface area contributed by atoms with Crippen LogP contribution in [-0.4, -0.2) is 12.5 Å². The number of aryl methyl sites for hydroxylation is 1. The highest BCUT2D eigenvalue weighted by molar-refractivity contribution is 6.73. The summed E-state index contributed by atoms with van der Waals surface area (Å²) in [6, 6.07) is 6.77. The molecule has 1 fully saturated rings. The van der Waals surface area contributed by atoms with Crippen LogP contribution in [-0.2, 0) is 17.6 Å². The van der Waals surface area contributed by atoms with Crippen LogP contribution in [0.15, 0.2) is 18.2 Å². The van der Waals surface area contributed by atoms with E-state index in [0.29, 0.717) is 24.8 Å². The summed E-state index contributed by atoms with van der Waals surface area (Å²) in [6.07, 6.45) is 11.9. The topological polar surface area (TPSA) is 17.1 Å². The summed E-state index contributed by atoms with van der Waals surface area (Å²) in [5, 5.41) is 0. The van der Waals surface area contributed by atoms with Crippen molar-refractivity contribution in [1.82, 2.24) is 0 Å². The Labute approximate surface area is 129 Å². The molecule has 1 heterocycles. The van der Waals surface area contributed by atoms with E-state index in [1.54, 1.807) is 0 Å². The normalized spacial score (nSPS) is 20.0. The molecular weight excluding hydrogens is 255 g/mol. The number of carbonyl (C=O) groups is 1. The van der Waals surface area contributed by atoms with Crippen molar-refractivity contribution in [2.24, 2.45) is 5.92 Å². The molecule has 1 aliphatic carbocycles. The number of rotatable bonds is 3. The number of hydrogen-bond acceptors (Lipinski definition) is 1. The number of carbonyl (C=O) groups excluding carboxylic acids is 1. The molecular formula is C19H27BO. The molecule has 0 spiro atoms. The highest BCUT2D eigenvalue weighted by Gasteiger charge is 2.23. The van der Waals surface area contributed by atoms with Gasteiger partial charge in [-0.2, -0.15) is 0 Å². The van der Waals surface area contributed by atoms with Crippen molar-refractivity contribution in [3.63, 3.8) is 0 Å². The SMILES string of the molecule is CB1CCc2ccc(CC(=O)C3CCCCCCC3)cc21. The van der Waals surface area contributed by atoms with Crippen molar-refractivity contribution >= 4 is 18.0 Å². The molecule has 0 saturated heterocycles. The zero-order chi connectivity index (χ0) is 14.7. The average Bonchev–Trinajstić information content (AvgIpc) is 2.80. The Morgan fingerprint density at radius 2 is 1.86 bits per heavy atom. The molecule has 2 aliphatic rings. The molecule has 0 bridgehead atoms. The molecule has 2 heteroatoms. The first-order valence-corrected chi connectivity index (χ1v) is 8.88. The van der Waals surface area contributed by atoms with Gasteiger partial charge in [0.1, 0.15) is 5.78 Å². The van der Waals surface area contributed by atoms with Gasteiger partial charge in [-0.25, -0.2) is 0 Å². The minimum Gasteiger partial charge on any atom is -0.299 e. The molecule has 0 radical (unpaired) electrons. The zero-order valence-electron chi connectivity index (χ0n) is 13.4. The van der Waals surface area contributed by atoms with Crippen LogP contribution in [0, 0.1) is 5.92 Å². The molecule has 0 atom stereocenters. The van der Waals surface area contributed by atoms with Crippen LogP contribution in [0.2, 0.25) is 13.1 Å². The molecule has 1 nitrogen and oxygen atoms in total. The van der Waals surface area contributed by atoms with E-state index in [2.05, 4.69) is 25.0 Å². The van der Waals surface area contributed by atoms with Crippen LogP contribution < -0.4 is 5.46 Å². The summed E-state index contributed by atoms with van der Waals surface area (Å²) in [5.74, 6) is 0.818. The quantitative estimate of drug-likeness (QED) is 0.764. The highest BCUT2D eigenvalue weighted by Crippen LogP contribution is 2.24. The Morgan fingerprint density at radius 1 is 1.14 bits per heavy atom. The van der Waals surface area contributed by atoms with Crippen molar-refractivity contribution in [3.8, 4) is 0 Å². The molecule has 0 N–H and O–H groups in total. The zero-order valence-corrected chi connectivity index (χ0v) is 13.4. The third-order valence-electron chi connectivity index (χ3n) is 5.53. The average molecular weight is 282 g/mol. The molecule has 0 amide bonds. The van der Waals surface area contributed by atoms with Crippen molar-refractivity contribution in [1.29, 1.82) is 0 Å². The summed E-state index contributed by atoms with van der Waals surface area (Å²) in [5.41, 5.74) is 4.25. The molecule has 112 valence electrons. The Balaban J connectivity index is 1.65. The summed E-state index contributed by atoms with van der Waals surface area (Å²) < 4.78 is 0. The van der Waals surface area contributed by atoms with E-state index >= 15 is 0 Å².